The minimum absolute atomic E-state index is 0.291. The van der Waals surface area contributed by atoms with Gasteiger partial charge in [0.1, 0.15) is 0 Å². The van der Waals surface area contributed by atoms with E-state index in [9.17, 15) is 4.79 Å². The number of amides is 1. The van der Waals surface area contributed by atoms with Crippen LogP contribution in [0.2, 0.25) is 0 Å². The lowest BCUT2D eigenvalue weighted by atomic mass is 10.3. The van der Waals surface area contributed by atoms with E-state index in [-0.39, 0.29) is 0 Å². The highest BCUT2D eigenvalue weighted by atomic mass is 16.2. The molecular weight excluding hydrogens is 200 g/mol. The molecule has 1 aliphatic rings. The Hall–Kier alpha value is -0.570. The van der Waals surface area contributed by atoms with Crippen LogP contribution in [-0.4, -0.2) is 48.4 Å². The Labute approximate surface area is 99.8 Å². The molecule has 94 valence electrons. The van der Waals surface area contributed by atoms with Crippen molar-refractivity contribution < 1.29 is 4.79 Å². The van der Waals surface area contributed by atoms with Crippen LogP contribution in [0.5, 0.6) is 0 Å². The van der Waals surface area contributed by atoms with Crippen LogP contribution in [0.4, 0.5) is 0 Å². The summed E-state index contributed by atoms with van der Waals surface area (Å²) in [4.78, 5) is 16.2. The summed E-state index contributed by atoms with van der Waals surface area (Å²) in [6.07, 6.45) is 3.86. The van der Waals surface area contributed by atoms with Gasteiger partial charge in [-0.05, 0) is 45.6 Å². The van der Waals surface area contributed by atoms with Crippen LogP contribution in [-0.2, 0) is 4.79 Å². The van der Waals surface area contributed by atoms with Gasteiger partial charge in [0.25, 0.3) is 0 Å². The Morgan fingerprint density at radius 3 is 2.25 bits per heavy atom. The molecule has 1 saturated carbocycles. The van der Waals surface area contributed by atoms with Crippen molar-refractivity contribution in [1.29, 1.82) is 0 Å². The molecule has 0 N–H and O–H groups in total. The quantitative estimate of drug-likeness (QED) is 0.632. The lowest BCUT2D eigenvalue weighted by Crippen LogP contribution is -2.41. The maximum absolute atomic E-state index is 12.0. The summed E-state index contributed by atoms with van der Waals surface area (Å²) >= 11 is 0. The molecule has 0 aromatic heterocycles. The highest BCUT2D eigenvalue weighted by molar-refractivity contribution is 5.78. The fourth-order valence-corrected chi connectivity index (χ4v) is 2.08. The van der Waals surface area contributed by atoms with Crippen molar-refractivity contribution in [1.82, 2.24) is 9.80 Å². The summed E-state index contributed by atoms with van der Waals surface area (Å²) in [5.74, 6) is 1.16. The van der Waals surface area contributed by atoms with Crippen LogP contribution in [0.1, 0.15) is 40.0 Å². The van der Waals surface area contributed by atoms with Gasteiger partial charge in [0.2, 0.25) is 5.91 Å². The zero-order chi connectivity index (χ0) is 12.0. The fraction of sp³-hybridized carbons (Fsp3) is 0.923. The molecule has 0 heterocycles. The van der Waals surface area contributed by atoms with Crippen molar-refractivity contribution in [3.63, 3.8) is 0 Å². The summed E-state index contributed by atoms with van der Waals surface area (Å²) in [6.45, 7) is 10.7. The first-order valence-electron chi connectivity index (χ1n) is 6.71. The topological polar surface area (TPSA) is 23.6 Å². The SMILES string of the molecule is CCCN(CC(=O)N(CC)CC)CC1CC1. The van der Waals surface area contributed by atoms with Crippen LogP contribution < -0.4 is 0 Å². The van der Waals surface area contributed by atoms with E-state index >= 15 is 0 Å². The van der Waals surface area contributed by atoms with Gasteiger partial charge < -0.3 is 4.90 Å². The highest BCUT2D eigenvalue weighted by Gasteiger charge is 2.25. The van der Waals surface area contributed by atoms with Crippen molar-refractivity contribution in [3.8, 4) is 0 Å². The zero-order valence-corrected chi connectivity index (χ0v) is 11.0. The van der Waals surface area contributed by atoms with Gasteiger partial charge in [0.05, 0.1) is 6.54 Å². The number of likely N-dealkylation sites (N-methyl/N-ethyl adjacent to an activating group) is 1. The van der Waals surface area contributed by atoms with Crippen molar-refractivity contribution in [2.75, 3.05) is 32.7 Å². The average molecular weight is 226 g/mol. The van der Waals surface area contributed by atoms with E-state index in [0.29, 0.717) is 12.5 Å². The van der Waals surface area contributed by atoms with Gasteiger partial charge in [-0.1, -0.05) is 6.92 Å². The van der Waals surface area contributed by atoms with Crippen molar-refractivity contribution in [3.05, 3.63) is 0 Å². The molecule has 0 unspecified atom stereocenters. The maximum Gasteiger partial charge on any atom is 0.236 e. The van der Waals surface area contributed by atoms with Crippen LogP contribution in [0.3, 0.4) is 0 Å². The number of nitrogens with zero attached hydrogens (tertiary/aromatic N) is 2. The average Bonchev–Trinajstić information content (AvgIpc) is 3.03. The molecule has 0 aliphatic heterocycles. The van der Waals surface area contributed by atoms with Gasteiger partial charge >= 0.3 is 0 Å². The summed E-state index contributed by atoms with van der Waals surface area (Å²) in [5, 5.41) is 0. The van der Waals surface area contributed by atoms with Crippen molar-refractivity contribution >= 4 is 5.91 Å². The van der Waals surface area contributed by atoms with E-state index in [4.69, 9.17) is 0 Å². The molecule has 0 bridgehead atoms. The first-order valence-corrected chi connectivity index (χ1v) is 6.71. The zero-order valence-electron chi connectivity index (χ0n) is 11.0. The maximum atomic E-state index is 12.0. The second kappa shape index (κ2) is 6.89. The van der Waals surface area contributed by atoms with Crippen LogP contribution in [0, 0.1) is 5.92 Å². The molecular formula is C13H26N2O. The summed E-state index contributed by atoms with van der Waals surface area (Å²) in [7, 11) is 0. The molecule has 0 atom stereocenters. The summed E-state index contributed by atoms with van der Waals surface area (Å²) in [5.41, 5.74) is 0. The minimum Gasteiger partial charge on any atom is -0.342 e. The van der Waals surface area contributed by atoms with Crippen LogP contribution >= 0.6 is 0 Å². The molecule has 1 fully saturated rings. The number of hydrogen-bond donors (Lipinski definition) is 0. The van der Waals surface area contributed by atoms with Crippen LogP contribution in [0.15, 0.2) is 0 Å². The molecule has 3 heteroatoms. The van der Waals surface area contributed by atoms with Crippen molar-refractivity contribution in [2.24, 2.45) is 5.92 Å². The third kappa shape index (κ3) is 4.52. The first-order chi connectivity index (χ1) is 7.71. The Morgan fingerprint density at radius 2 is 1.81 bits per heavy atom. The monoisotopic (exact) mass is 226 g/mol. The normalized spacial score (nSPS) is 15.5. The van der Waals surface area contributed by atoms with E-state index in [1.807, 2.05) is 18.7 Å². The lowest BCUT2D eigenvalue weighted by Gasteiger charge is -2.25. The number of rotatable bonds is 8. The molecule has 3 nitrogen and oxygen atoms in total. The van der Waals surface area contributed by atoms with E-state index in [2.05, 4.69) is 11.8 Å². The molecule has 16 heavy (non-hydrogen) atoms. The summed E-state index contributed by atoms with van der Waals surface area (Å²) < 4.78 is 0. The van der Waals surface area contributed by atoms with E-state index < -0.39 is 0 Å². The molecule has 0 saturated heterocycles. The largest absolute Gasteiger partial charge is 0.342 e. The minimum atomic E-state index is 0.291. The van der Waals surface area contributed by atoms with Crippen LogP contribution in [0.25, 0.3) is 0 Å². The second-order valence-corrected chi connectivity index (χ2v) is 4.74. The van der Waals surface area contributed by atoms with Gasteiger partial charge in [0, 0.05) is 19.6 Å². The van der Waals surface area contributed by atoms with E-state index in [1.54, 1.807) is 0 Å². The standard InChI is InChI=1S/C13H26N2O/c1-4-9-14(10-12-7-8-12)11-13(16)15(5-2)6-3/h12H,4-11H2,1-3H3. The first kappa shape index (κ1) is 13.5. The van der Waals surface area contributed by atoms with E-state index in [1.165, 1.54) is 12.8 Å². The fourth-order valence-electron chi connectivity index (χ4n) is 2.08. The third-order valence-electron chi connectivity index (χ3n) is 3.23. The van der Waals surface area contributed by atoms with Gasteiger partial charge in [0.15, 0.2) is 0 Å². The number of hydrogen-bond acceptors (Lipinski definition) is 2. The van der Waals surface area contributed by atoms with Gasteiger partial charge in [-0.2, -0.15) is 0 Å². The lowest BCUT2D eigenvalue weighted by molar-refractivity contribution is -0.132. The molecule has 0 spiro atoms. The van der Waals surface area contributed by atoms with Gasteiger partial charge in [-0.25, -0.2) is 0 Å². The molecule has 0 radical (unpaired) electrons. The third-order valence-corrected chi connectivity index (χ3v) is 3.23. The van der Waals surface area contributed by atoms with E-state index in [0.717, 1.165) is 38.5 Å². The Kier molecular flexibility index (Phi) is 5.81. The Bertz CT molecular complexity index is 210. The summed E-state index contributed by atoms with van der Waals surface area (Å²) in [6, 6.07) is 0. The Balaban J connectivity index is 2.35. The van der Waals surface area contributed by atoms with Crippen molar-refractivity contribution in [2.45, 2.75) is 40.0 Å². The predicted octanol–water partition coefficient (Wildman–Crippen LogP) is 1.98. The molecule has 1 aliphatic carbocycles. The molecule has 1 rings (SSSR count). The molecule has 0 aromatic rings. The number of carbonyl (C=O) groups excluding carboxylic acids is 1. The van der Waals surface area contributed by atoms with Gasteiger partial charge in [-0.15, -0.1) is 0 Å². The Morgan fingerprint density at radius 1 is 1.19 bits per heavy atom. The smallest absolute Gasteiger partial charge is 0.236 e. The molecule has 1 amide bonds. The highest BCUT2D eigenvalue weighted by Crippen LogP contribution is 2.29. The predicted molar refractivity (Wildman–Crippen MR) is 67.4 cm³/mol. The number of carbonyl (C=O) groups is 1. The molecule has 0 aromatic carbocycles. The van der Waals surface area contributed by atoms with Gasteiger partial charge in [-0.3, -0.25) is 9.69 Å². The second-order valence-electron chi connectivity index (χ2n) is 4.74.